The van der Waals surface area contributed by atoms with Crippen LogP contribution >= 0.6 is 0 Å². The molecule has 1 aromatic rings. The van der Waals surface area contributed by atoms with Gasteiger partial charge in [0.25, 0.3) is 0 Å². The lowest BCUT2D eigenvalue weighted by atomic mass is 9.75. The van der Waals surface area contributed by atoms with Crippen LogP contribution in [0, 0.1) is 5.41 Å². The number of carbonyl (C=O) groups is 1. The molecule has 2 rings (SSSR count). The Morgan fingerprint density at radius 2 is 1.83 bits per heavy atom. The van der Waals surface area contributed by atoms with Gasteiger partial charge in [0.2, 0.25) is 0 Å². The van der Waals surface area contributed by atoms with Crippen molar-refractivity contribution in [1.29, 1.82) is 0 Å². The van der Waals surface area contributed by atoms with Crippen molar-refractivity contribution in [3.05, 3.63) is 30.3 Å². The summed E-state index contributed by atoms with van der Waals surface area (Å²) < 4.78 is 0. The number of aldehydes is 1. The van der Waals surface area contributed by atoms with Crippen molar-refractivity contribution in [1.82, 2.24) is 0 Å². The van der Waals surface area contributed by atoms with Crippen molar-refractivity contribution in [2.24, 2.45) is 5.41 Å². The van der Waals surface area contributed by atoms with Crippen molar-refractivity contribution < 1.29 is 4.79 Å². The SMILES string of the molecule is CCN(CC1(C=O)CCCCC1)c1ccccc1. The highest BCUT2D eigenvalue weighted by Crippen LogP contribution is 2.36. The Hall–Kier alpha value is -1.31. The molecule has 18 heavy (non-hydrogen) atoms. The fourth-order valence-electron chi connectivity index (χ4n) is 2.97. The molecule has 2 heteroatoms. The molecule has 0 spiro atoms. The van der Waals surface area contributed by atoms with E-state index in [1.165, 1.54) is 31.2 Å². The molecule has 0 aromatic heterocycles. The maximum atomic E-state index is 11.5. The van der Waals surface area contributed by atoms with Gasteiger partial charge in [-0.15, -0.1) is 0 Å². The van der Waals surface area contributed by atoms with Gasteiger partial charge in [-0.05, 0) is 31.9 Å². The van der Waals surface area contributed by atoms with Crippen LogP contribution in [0.15, 0.2) is 30.3 Å². The summed E-state index contributed by atoms with van der Waals surface area (Å²) in [7, 11) is 0. The van der Waals surface area contributed by atoms with Crippen molar-refractivity contribution in [3.8, 4) is 0 Å². The monoisotopic (exact) mass is 245 g/mol. The molecular formula is C16H23NO. The zero-order valence-corrected chi connectivity index (χ0v) is 11.3. The van der Waals surface area contributed by atoms with Gasteiger partial charge in [0.1, 0.15) is 6.29 Å². The molecule has 0 saturated heterocycles. The van der Waals surface area contributed by atoms with E-state index in [0.717, 1.165) is 25.9 Å². The number of benzene rings is 1. The summed E-state index contributed by atoms with van der Waals surface area (Å²) in [6.45, 7) is 3.99. The van der Waals surface area contributed by atoms with E-state index in [1.54, 1.807) is 0 Å². The summed E-state index contributed by atoms with van der Waals surface area (Å²) in [5.74, 6) is 0. The summed E-state index contributed by atoms with van der Waals surface area (Å²) in [4.78, 5) is 13.9. The Morgan fingerprint density at radius 3 is 2.39 bits per heavy atom. The van der Waals surface area contributed by atoms with Crippen LogP contribution < -0.4 is 4.90 Å². The normalized spacial score (nSPS) is 18.3. The number of carbonyl (C=O) groups excluding carboxylic acids is 1. The lowest BCUT2D eigenvalue weighted by Gasteiger charge is -2.37. The molecule has 0 aliphatic heterocycles. The summed E-state index contributed by atoms with van der Waals surface area (Å²) in [6.07, 6.45) is 7.01. The second-order valence-corrected chi connectivity index (χ2v) is 5.39. The fraction of sp³-hybridized carbons (Fsp3) is 0.562. The summed E-state index contributed by atoms with van der Waals surface area (Å²) in [5.41, 5.74) is 1.12. The fourth-order valence-corrected chi connectivity index (χ4v) is 2.97. The molecule has 1 aromatic carbocycles. The van der Waals surface area contributed by atoms with Crippen LogP contribution in [0.3, 0.4) is 0 Å². The third-order valence-corrected chi connectivity index (χ3v) is 4.11. The summed E-state index contributed by atoms with van der Waals surface area (Å²) >= 11 is 0. The molecule has 98 valence electrons. The number of para-hydroxylation sites is 1. The highest BCUT2D eigenvalue weighted by Gasteiger charge is 2.33. The van der Waals surface area contributed by atoms with Gasteiger partial charge in [0.05, 0.1) is 0 Å². The number of anilines is 1. The minimum absolute atomic E-state index is 0.107. The minimum Gasteiger partial charge on any atom is -0.371 e. The van der Waals surface area contributed by atoms with Gasteiger partial charge in [-0.3, -0.25) is 0 Å². The number of nitrogens with zero attached hydrogens (tertiary/aromatic N) is 1. The first kappa shape index (κ1) is 13.1. The van der Waals surface area contributed by atoms with Gasteiger partial charge in [0.15, 0.2) is 0 Å². The maximum absolute atomic E-state index is 11.5. The predicted molar refractivity (Wildman–Crippen MR) is 75.9 cm³/mol. The Morgan fingerprint density at radius 1 is 1.17 bits per heavy atom. The van der Waals surface area contributed by atoms with Crippen LogP contribution in [0.25, 0.3) is 0 Å². The number of hydrogen-bond donors (Lipinski definition) is 0. The Bertz CT molecular complexity index is 368. The molecule has 0 unspecified atom stereocenters. The first-order valence-electron chi connectivity index (χ1n) is 7.06. The molecule has 0 amide bonds. The molecule has 1 fully saturated rings. The molecule has 0 N–H and O–H groups in total. The van der Waals surface area contributed by atoms with Crippen LogP contribution in [0.5, 0.6) is 0 Å². The first-order chi connectivity index (χ1) is 8.79. The van der Waals surface area contributed by atoms with Crippen LogP contribution in [0.1, 0.15) is 39.0 Å². The van der Waals surface area contributed by atoms with Crippen LogP contribution in [-0.2, 0) is 4.79 Å². The first-order valence-corrected chi connectivity index (χ1v) is 7.06. The molecule has 1 aliphatic carbocycles. The van der Waals surface area contributed by atoms with Gasteiger partial charge in [0, 0.05) is 24.2 Å². The van der Waals surface area contributed by atoms with Crippen LogP contribution in [-0.4, -0.2) is 19.4 Å². The number of hydrogen-bond acceptors (Lipinski definition) is 2. The van der Waals surface area contributed by atoms with Crippen LogP contribution in [0.2, 0.25) is 0 Å². The Labute approximate surface area is 110 Å². The van der Waals surface area contributed by atoms with E-state index in [-0.39, 0.29) is 5.41 Å². The van der Waals surface area contributed by atoms with E-state index >= 15 is 0 Å². The van der Waals surface area contributed by atoms with Crippen molar-refractivity contribution in [3.63, 3.8) is 0 Å². The van der Waals surface area contributed by atoms with Crippen molar-refractivity contribution in [2.45, 2.75) is 39.0 Å². The lowest BCUT2D eigenvalue weighted by Crippen LogP contribution is -2.40. The van der Waals surface area contributed by atoms with Gasteiger partial charge in [-0.2, -0.15) is 0 Å². The zero-order chi connectivity index (χ0) is 12.8. The largest absolute Gasteiger partial charge is 0.371 e. The van der Waals surface area contributed by atoms with Crippen LogP contribution in [0.4, 0.5) is 5.69 Å². The second-order valence-electron chi connectivity index (χ2n) is 5.39. The van der Waals surface area contributed by atoms with Gasteiger partial charge in [-0.1, -0.05) is 37.5 Å². The van der Waals surface area contributed by atoms with Gasteiger partial charge < -0.3 is 9.69 Å². The summed E-state index contributed by atoms with van der Waals surface area (Å²) in [6, 6.07) is 10.4. The average Bonchev–Trinajstić information content (AvgIpc) is 2.47. The van der Waals surface area contributed by atoms with E-state index in [1.807, 2.05) is 6.07 Å². The molecule has 0 radical (unpaired) electrons. The van der Waals surface area contributed by atoms with Crippen molar-refractivity contribution >= 4 is 12.0 Å². The topological polar surface area (TPSA) is 20.3 Å². The second kappa shape index (κ2) is 6.03. The Kier molecular flexibility index (Phi) is 4.40. The van der Waals surface area contributed by atoms with E-state index in [4.69, 9.17) is 0 Å². The highest BCUT2D eigenvalue weighted by molar-refractivity contribution is 5.62. The molecule has 1 saturated carbocycles. The number of rotatable bonds is 5. The smallest absolute Gasteiger partial charge is 0.127 e. The predicted octanol–water partition coefficient (Wildman–Crippen LogP) is 3.66. The zero-order valence-electron chi connectivity index (χ0n) is 11.3. The van der Waals surface area contributed by atoms with E-state index < -0.39 is 0 Å². The van der Waals surface area contributed by atoms with Gasteiger partial charge in [-0.25, -0.2) is 0 Å². The molecule has 1 aliphatic rings. The molecule has 0 bridgehead atoms. The average molecular weight is 245 g/mol. The summed E-state index contributed by atoms with van der Waals surface area (Å²) in [5, 5.41) is 0. The van der Waals surface area contributed by atoms with E-state index in [9.17, 15) is 4.79 Å². The highest BCUT2D eigenvalue weighted by atomic mass is 16.1. The standard InChI is InChI=1S/C16H23NO/c1-2-17(15-9-5-3-6-10-15)13-16(14-18)11-7-4-8-12-16/h3,5-6,9-10,14H,2,4,7-8,11-13H2,1H3. The van der Waals surface area contributed by atoms with Gasteiger partial charge >= 0.3 is 0 Å². The van der Waals surface area contributed by atoms with E-state index in [2.05, 4.69) is 36.1 Å². The van der Waals surface area contributed by atoms with Crippen molar-refractivity contribution in [2.75, 3.05) is 18.0 Å². The molecule has 0 atom stereocenters. The van der Waals surface area contributed by atoms with E-state index in [0.29, 0.717) is 0 Å². The molecule has 0 heterocycles. The maximum Gasteiger partial charge on any atom is 0.127 e. The Balaban J connectivity index is 2.11. The quantitative estimate of drug-likeness (QED) is 0.738. The lowest BCUT2D eigenvalue weighted by molar-refractivity contribution is -0.117. The molecule has 2 nitrogen and oxygen atoms in total. The third-order valence-electron chi connectivity index (χ3n) is 4.11. The third kappa shape index (κ3) is 2.92. The minimum atomic E-state index is -0.107. The molecular weight excluding hydrogens is 222 g/mol.